The van der Waals surface area contributed by atoms with Crippen LogP contribution in [0.4, 0.5) is 4.79 Å². The molecule has 0 spiro atoms. The fourth-order valence-corrected chi connectivity index (χ4v) is 1.32. The lowest BCUT2D eigenvalue weighted by molar-refractivity contribution is -0.144. The Balaban J connectivity index is 4.12. The summed E-state index contributed by atoms with van der Waals surface area (Å²) < 4.78 is 4.83. The number of nitrogens with zero attached hydrogens (tertiary/aromatic N) is 1. The van der Waals surface area contributed by atoms with Gasteiger partial charge in [-0.25, -0.2) is 4.79 Å². The highest BCUT2D eigenvalue weighted by Crippen LogP contribution is 1.94. The molecule has 0 unspecified atom stereocenters. The number of nitrogens with one attached hydrogen (secondary N) is 2. The van der Waals surface area contributed by atoms with Gasteiger partial charge in [-0.2, -0.15) is 0 Å². The highest BCUT2D eigenvalue weighted by atomic mass is 16.5. The average Bonchev–Trinajstić information content (AvgIpc) is 2.36. The summed E-state index contributed by atoms with van der Waals surface area (Å²) in [5, 5.41) is 4.43. The minimum absolute atomic E-state index is 0.0904. The van der Waals surface area contributed by atoms with Gasteiger partial charge in [0.05, 0.1) is 13.2 Å². The Morgan fingerprint density at radius 1 is 1.37 bits per heavy atom. The van der Waals surface area contributed by atoms with E-state index in [4.69, 9.17) is 4.74 Å². The first-order valence-electron chi connectivity index (χ1n) is 6.03. The maximum absolute atomic E-state index is 11.4. The van der Waals surface area contributed by atoms with Crippen LogP contribution in [-0.2, 0) is 14.3 Å². The van der Waals surface area contributed by atoms with Gasteiger partial charge in [0, 0.05) is 26.6 Å². The number of ether oxygens (including phenoxy) is 1. The zero-order valence-electron chi connectivity index (χ0n) is 11.4. The van der Waals surface area contributed by atoms with Crippen molar-refractivity contribution in [3.8, 4) is 0 Å². The fraction of sp³-hybridized carbons (Fsp3) is 0.583. The predicted molar refractivity (Wildman–Crippen MR) is 70.5 cm³/mol. The monoisotopic (exact) mass is 271 g/mol. The van der Waals surface area contributed by atoms with Crippen LogP contribution < -0.4 is 10.6 Å². The van der Waals surface area contributed by atoms with Crippen LogP contribution in [0.1, 0.15) is 13.3 Å². The molecule has 0 saturated carbocycles. The normalized spacial score (nSPS) is 9.84. The lowest BCUT2D eigenvalue weighted by Gasteiger charge is -2.18. The highest BCUT2D eigenvalue weighted by molar-refractivity contribution is 5.94. The Bertz CT molecular complexity index is 331. The molecular formula is C12H21N3O4. The quantitative estimate of drug-likeness (QED) is 0.475. The molecule has 0 aliphatic heterocycles. The Hall–Kier alpha value is -1.89. The average molecular weight is 271 g/mol. The number of hydrogen-bond acceptors (Lipinski definition) is 5. The first-order valence-corrected chi connectivity index (χ1v) is 6.03. The van der Waals surface area contributed by atoms with E-state index in [2.05, 4.69) is 17.2 Å². The molecule has 2 N–H and O–H groups in total. The number of amides is 3. The molecule has 0 atom stereocenters. The number of esters is 1. The van der Waals surface area contributed by atoms with E-state index < -0.39 is 11.9 Å². The van der Waals surface area contributed by atoms with E-state index in [9.17, 15) is 14.4 Å². The summed E-state index contributed by atoms with van der Waals surface area (Å²) in [6.45, 7) is 6.53. The van der Waals surface area contributed by atoms with E-state index in [-0.39, 0.29) is 18.9 Å². The second kappa shape index (κ2) is 10.1. The second-order valence-corrected chi connectivity index (χ2v) is 3.71. The van der Waals surface area contributed by atoms with E-state index >= 15 is 0 Å². The number of urea groups is 1. The van der Waals surface area contributed by atoms with Gasteiger partial charge in [0.2, 0.25) is 5.91 Å². The molecule has 0 radical (unpaired) electrons. The molecule has 0 aliphatic rings. The summed E-state index contributed by atoms with van der Waals surface area (Å²) in [5.74, 6) is -0.756. The number of hydrogen-bond donors (Lipinski definition) is 2. The smallest absolute Gasteiger partial charge is 0.321 e. The molecule has 0 fully saturated rings. The van der Waals surface area contributed by atoms with Gasteiger partial charge in [0.15, 0.2) is 0 Å². The van der Waals surface area contributed by atoms with Gasteiger partial charge < -0.3 is 10.1 Å². The van der Waals surface area contributed by atoms with Crippen molar-refractivity contribution in [2.45, 2.75) is 13.3 Å². The molecule has 19 heavy (non-hydrogen) atoms. The van der Waals surface area contributed by atoms with Gasteiger partial charge in [0.1, 0.15) is 0 Å². The largest absolute Gasteiger partial charge is 0.465 e. The zero-order valence-corrected chi connectivity index (χ0v) is 11.4. The first-order chi connectivity index (χ1) is 9.03. The van der Waals surface area contributed by atoms with E-state index in [1.54, 1.807) is 17.9 Å². The highest BCUT2D eigenvalue weighted by Gasteiger charge is 2.13. The third kappa shape index (κ3) is 8.78. The Kier molecular flexibility index (Phi) is 9.07. The third-order valence-corrected chi connectivity index (χ3v) is 2.18. The molecule has 0 aromatic heterocycles. The van der Waals surface area contributed by atoms with Gasteiger partial charge in [0.25, 0.3) is 0 Å². The van der Waals surface area contributed by atoms with Crippen LogP contribution in [-0.4, -0.2) is 56.1 Å². The van der Waals surface area contributed by atoms with Gasteiger partial charge in [-0.05, 0) is 6.92 Å². The van der Waals surface area contributed by atoms with Crippen molar-refractivity contribution in [2.24, 2.45) is 0 Å². The van der Waals surface area contributed by atoms with Crippen molar-refractivity contribution >= 4 is 17.9 Å². The van der Waals surface area contributed by atoms with E-state index in [1.807, 2.05) is 0 Å². The van der Waals surface area contributed by atoms with Crippen molar-refractivity contribution in [2.75, 3.05) is 33.3 Å². The number of rotatable bonds is 8. The maximum Gasteiger partial charge on any atom is 0.321 e. The molecule has 0 bridgehead atoms. The van der Waals surface area contributed by atoms with Gasteiger partial charge in [-0.15, -0.1) is 6.58 Å². The van der Waals surface area contributed by atoms with Crippen molar-refractivity contribution < 1.29 is 19.1 Å². The first kappa shape index (κ1) is 17.1. The Morgan fingerprint density at radius 2 is 2.05 bits per heavy atom. The standard InChI is InChI=1S/C12H21N3O4/c1-4-7-15(9-11(17)19-5-2)8-6-10(16)14-12(18)13-3/h4H,1,5-9H2,2-3H3,(H2,13,14,16,18). The van der Waals surface area contributed by atoms with Crippen molar-refractivity contribution in [1.29, 1.82) is 0 Å². The Morgan fingerprint density at radius 3 is 2.58 bits per heavy atom. The lowest BCUT2D eigenvalue weighted by Crippen LogP contribution is -2.40. The van der Waals surface area contributed by atoms with Crippen LogP contribution in [0.5, 0.6) is 0 Å². The predicted octanol–water partition coefficient (Wildman–Crippen LogP) is -0.117. The van der Waals surface area contributed by atoms with Gasteiger partial charge in [-0.3, -0.25) is 19.8 Å². The number of imide groups is 1. The molecule has 0 aliphatic carbocycles. The maximum atomic E-state index is 11.4. The number of carbonyl (C=O) groups is 3. The second-order valence-electron chi connectivity index (χ2n) is 3.71. The topological polar surface area (TPSA) is 87.7 Å². The molecule has 0 rings (SSSR count). The Labute approximate surface area is 113 Å². The molecule has 0 aromatic carbocycles. The summed E-state index contributed by atoms with van der Waals surface area (Å²) in [6, 6.07) is -0.550. The lowest BCUT2D eigenvalue weighted by atomic mass is 10.3. The molecule has 108 valence electrons. The van der Waals surface area contributed by atoms with E-state index in [1.165, 1.54) is 7.05 Å². The van der Waals surface area contributed by atoms with Crippen molar-refractivity contribution in [3.63, 3.8) is 0 Å². The van der Waals surface area contributed by atoms with Crippen LogP contribution in [0, 0.1) is 0 Å². The number of carbonyl (C=O) groups excluding carboxylic acids is 3. The van der Waals surface area contributed by atoms with Crippen molar-refractivity contribution in [1.82, 2.24) is 15.5 Å². The van der Waals surface area contributed by atoms with Crippen LogP contribution in [0.25, 0.3) is 0 Å². The molecule has 0 aromatic rings. The molecular weight excluding hydrogens is 250 g/mol. The SMILES string of the molecule is C=CCN(CCC(=O)NC(=O)NC)CC(=O)OCC. The fourth-order valence-electron chi connectivity index (χ4n) is 1.32. The van der Waals surface area contributed by atoms with Crippen LogP contribution in [0.2, 0.25) is 0 Å². The summed E-state index contributed by atoms with van der Waals surface area (Å²) >= 11 is 0. The molecule has 3 amide bonds. The van der Waals surface area contributed by atoms with Crippen molar-refractivity contribution in [3.05, 3.63) is 12.7 Å². The molecule has 0 heterocycles. The third-order valence-electron chi connectivity index (χ3n) is 2.18. The van der Waals surface area contributed by atoms with E-state index in [0.29, 0.717) is 19.7 Å². The van der Waals surface area contributed by atoms with Crippen LogP contribution in [0.3, 0.4) is 0 Å². The molecule has 7 nitrogen and oxygen atoms in total. The zero-order chi connectivity index (χ0) is 14.7. The minimum atomic E-state index is -0.550. The summed E-state index contributed by atoms with van der Waals surface area (Å²) in [4.78, 5) is 35.4. The van der Waals surface area contributed by atoms with Crippen LogP contribution in [0.15, 0.2) is 12.7 Å². The van der Waals surface area contributed by atoms with Gasteiger partial charge in [-0.1, -0.05) is 6.08 Å². The minimum Gasteiger partial charge on any atom is -0.465 e. The summed E-state index contributed by atoms with van der Waals surface area (Å²) in [6.07, 6.45) is 1.75. The summed E-state index contributed by atoms with van der Waals surface area (Å²) in [5.41, 5.74) is 0. The van der Waals surface area contributed by atoms with E-state index in [0.717, 1.165) is 0 Å². The molecule has 7 heteroatoms. The van der Waals surface area contributed by atoms with Crippen LogP contribution >= 0.6 is 0 Å². The van der Waals surface area contributed by atoms with Gasteiger partial charge >= 0.3 is 12.0 Å². The summed E-state index contributed by atoms with van der Waals surface area (Å²) in [7, 11) is 1.42. The molecule has 0 saturated heterocycles.